The molecule has 1 aromatic rings. The molecule has 1 fully saturated rings. The third kappa shape index (κ3) is 2.54. The Morgan fingerprint density at radius 2 is 1.89 bits per heavy atom. The molecule has 1 saturated heterocycles. The average Bonchev–Trinajstić information content (AvgIpc) is 2.34. The largest absolute Gasteiger partial charge is 0.465 e. The Bertz CT molecular complexity index is 475. The number of hydrogen-bond acceptors (Lipinski definition) is 4. The Morgan fingerprint density at radius 3 is 2.44 bits per heavy atom. The van der Waals surface area contributed by atoms with Crippen molar-refractivity contribution >= 4 is 40.9 Å². The van der Waals surface area contributed by atoms with Gasteiger partial charge in [-0.1, -0.05) is 23.2 Å². The molecule has 1 aliphatic heterocycles. The third-order valence-corrected chi connectivity index (χ3v) is 3.37. The van der Waals surface area contributed by atoms with Crippen molar-refractivity contribution < 1.29 is 9.90 Å². The molecule has 98 valence electrons. The molecule has 3 N–H and O–H groups in total. The van der Waals surface area contributed by atoms with Crippen molar-refractivity contribution in [1.82, 2.24) is 9.88 Å². The Kier molecular flexibility index (Phi) is 3.68. The van der Waals surface area contributed by atoms with Gasteiger partial charge in [0, 0.05) is 26.2 Å². The Labute approximate surface area is 114 Å². The number of carboxylic acid groups (broad SMARTS) is 1. The van der Waals surface area contributed by atoms with Crippen molar-refractivity contribution in [2.24, 2.45) is 0 Å². The van der Waals surface area contributed by atoms with Crippen LogP contribution in [0.3, 0.4) is 0 Å². The first-order valence-corrected chi connectivity index (χ1v) is 6.09. The van der Waals surface area contributed by atoms with E-state index in [1.54, 1.807) is 6.07 Å². The van der Waals surface area contributed by atoms with Crippen LogP contribution < -0.4 is 10.6 Å². The fourth-order valence-corrected chi connectivity index (χ4v) is 2.28. The molecule has 18 heavy (non-hydrogen) atoms. The van der Waals surface area contributed by atoms with Gasteiger partial charge in [-0.2, -0.15) is 0 Å². The van der Waals surface area contributed by atoms with Crippen molar-refractivity contribution in [3.05, 3.63) is 16.1 Å². The summed E-state index contributed by atoms with van der Waals surface area (Å²) in [7, 11) is 0. The lowest BCUT2D eigenvalue weighted by atomic mass is 10.3. The normalized spacial score (nSPS) is 15.9. The van der Waals surface area contributed by atoms with Crippen LogP contribution >= 0.6 is 23.2 Å². The quantitative estimate of drug-likeness (QED) is 0.824. The number of amides is 1. The van der Waals surface area contributed by atoms with Crippen LogP contribution in [0.2, 0.25) is 10.0 Å². The van der Waals surface area contributed by atoms with Gasteiger partial charge in [-0.25, -0.2) is 9.78 Å². The number of pyridine rings is 1. The molecule has 8 heteroatoms. The average molecular weight is 291 g/mol. The van der Waals surface area contributed by atoms with Gasteiger partial charge in [0.05, 0.1) is 10.0 Å². The first-order chi connectivity index (χ1) is 8.49. The lowest BCUT2D eigenvalue weighted by Crippen LogP contribution is -2.48. The molecule has 1 aliphatic rings. The predicted octanol–water partition coefficient (Wildman–Crippen LogP) is 1.77. The van der Waals surface area contributed by atoms with Gasteiger partial charge in [0.15, 0.2) is 0 Å². The minimum atomic E-state index is -0.913. The molecule has 1 aromatic heterocycles. The van der Waals surface area contributed by atoms with Crippen LogP contribution in [-0.2, 0) is 0 Å². The predicted molar refractivity (Wildman–Crippen MR) is 70.5 cm³/mol. The van der Waals surface area contributed by atoms with E-state index in [2.05, 4.69) is 4.98 Å². The molecule has 0 spiro atoms. The maximum absolute atomic E-state index is 10.8. The maximum Gasteiger partial charge on any atom is 0.407 e. The molecular weight excluding hydrogens is 279 g/mol. The lowest BCUT2D eigenvalue weighted by molar-refractivity contribution is 0.142. The molecule has 2 heterocycles. The SMILES string of the molecule is Nc1nc(N2CCN(C(=O)O)CC2)c(Cl)cc1Cl. The third-order valence-electron chi connectivity index (χ3n) is 2.79. The number of nitrogens with two attached hydrogens (primary N) is 1. The smallest absolute Gasteiger partial charge is 0.407 e. The van der Waals surface area contributed by atoms with Gasteiger partial charge in [-0.3, -0.25) is 0 Å². The van der Waals surface area contributed by atoms with E-state index in [0.29, 0.717) is 42.0 Å². The molecule has 1 amide bonds. The summed E-state index contributed by atoms with van der Waals surface area (Å²) in [4.78, 5) is 18.2. The van der Waals surface area contributed by atoms with E-state index in [0.717, 1.165) is 0 Å². The topological polar surface area (TPSA) is 82.7 Å². The summed E-state index contributed by atoms with van der Waals surface area (Å²) in [6.45, 7) is 1.88. The second kappa shape index (κ2) is 5.07. The highest BCUT2D eigenvalue weighted by atomic mass is 35.5. The highest BCUT2D eigenvalue weighted by molar-refractivity contribution is 6.37. The van der Waals surface area contributed by atoms with Crippen LogP contribution in [0.1, 0.15) is 0 Å². The number of aromatic nitrogens is 1. The van der Waals surface area contributed by atoms with E-state index in [9.17, 15) is 4.79 Å². The van der Waals surface area contributed by atoms with Crippen LogP contribution in [-0.4, -0.2) is 47.3 Å². The van der Waals surface area contributed by atoms with E-state index in [-0.39, 0.29) is 5.82 Å². The number of nitrogen functional groups attached to an aromatic ring is 1. The number of halogens is 2. The first kappa shape index (κ1) is 13.0. The lowest BCUT2D eigenvalue weighted by Gasteiger charge is -2.34. The molecule has 0 aromatic carbocycles. The van der Waals surface area contributed by atoms with E-state index in [1.807, 2.05) is 4.90 Å². The van der Waals surface area contributed by atoms with Crippen LogP contribution in [0, 0.1) is 0 Å². The van der Waals surface area contributed by atoms with E-state index >= 15 is 0 Å². The number of piperazine rings is 1. The molecule has 0 radical (unpaired) electrons. The first-order valence-electron chi connectivity index (χ1n) is 5.33. The summed E-state index contributed by atoms with van der Waals surface area (Å²) in [5.41, 5.74) is 5.64. The highest BCUT2D eigenvalue weighted by Crippen LogP contribution is 2.30. The monoisotopic (exact) mass is 290 g/mol. The second-order valence-electron chi connectivity index (χ2n) is 3.92. The van der Waals surface area contributed by atoms with Gasteiger partial charge in [0.1, 0.15) is 11.6 Å². The standard InChI is InChI=1S/C10H12Cl2N4O2/c11-6-5-7(12)9(14-8(6)13)15-1-3-16(4-2-15)10(17)18/h5H,1-4H2,(H2,13,14)(H,17,18). The van der Waals surface area contributed by atoms with Crippen molar-refractivity contribution in [2.45, 2.75) is 0 Å². The fraction of sp³-hybridized carbons (Fsp3) is 0.400. The molecule has 6 nitrogen and oxygen atoms in total. The molecule has 0 saturated carbocycles. The Morgan fingerprint density at radius 1 is 1.28 bits per heavy atom. The summed E-state index contributed by atoms with van der Waals surface area (Å²) in [5.74, 6) is 0.764. The van der Waals surface area contributed by atoms with Gasteiger partial charge < -0.3 is 20.6 Å². The van der Waals surface area contributed by atoms with Crippen LogP contribution in [0.25, 0.3) is 0 Å². The molecule has 0 bridgehead atoms. The summed E-state index contributed by atoms with van der Waals surface area (Å²) in [5, 5.41) is 9.59. The zero-order valence-electron chi connectivity index (χ0n) is 9.44. The molecule has 0 aliphatic carbocycles. The van der Waals surface area contributed by atoms with Crippen LogP contribution in [0.15, 0.2) is 6.07 Å². The molecule has 2 rings (SSSR count). The summed E-state index contributed by atoms with van der Waals surface area (Å²) >= 11 is 11.9. The van der Waals surface area contributed by atoms with E-state index < -0.39 is 6.09 Å². The van der Waals surface area contributed by atoms with E-state index in [4.69, 9.17) is 34.0 Å². The summed E-state index contributed by atoms with van der Waals surface area (Å²) in [6.07, 6.45) is -0.913. The minimum Gasteiger partial charge on any atom is -0.465 e. The number of nitrogens with zero attached hydrogens (tertiary/aromatic N) is 3. The fourth-order valence-electron chi connectivity index (χ4n) is 1.80. The van der Waals surface area contributed by atoms with Gasteiger partial charge >= 0.3 is 6.09 Å². The Balaban J connectivity index is 2.15. The zero-order chi connectivity index (χ0) is 13.3. The molecule has 0 atom stereocenters. The van der Waals surface area contributed by atoms with Crippen LogP contribution in [0.4, 0.5) is 16.4 Å². The maximum atomic E-state index is 10.8. The van der Waals surface area contributed by atoms with Gasteiger partial charge in [-0.05, 0) is 6.07 Å². The molecule has 0 unspecified atom stereocenters. The Hall–Kier alpha value is -1.40. The molecular formula is C10H12Cl2N4O2. The summed E-state index contributed by atoms with van der Waals surface area (Å²) < 4.78 is 0. The highest BCUT2D eigenvalue weighted by Gasteiger charge is 2.23. The van der Waals surface area contributed by atoms with Crippen LogP contribution in [0.5, 0.6) is 0 Å². The number of hydrogen-bond donors (Lipinski definition) is 2. The number of anilines is 2. The van der Waals surface area contributed by atoms with Gasteiger partial charge in [-0.15, -0.1) is 0 Å². The van der Waals surface area contributed by atoms with Crippen molar-refractivity contribution in [3.8, 4) is 0 Å². The number of carbonyl (C=O) groups is 1. The second-order valence-corrected chi connectivity index (χ2v) is 4.73. The van der Waals surface area contributed by atoms with E-state index in [1.165, 1.54) is 4.90 Å². The minimum absolute atomic E-state index is 0.219. The number of rotatable bonds is 1. The van der Waals surface area contributed by atoms with Gasteiger partial charge in [0.2, 0.25) is 0 Å². The van der Waals surface area contributed by atoms with Gasteiger partial charge in [0.25, 0.3) is 0 Å². The summed E-state index contributed by atoms with van der Waals surface area (Å²) in [6, 6.07) is 1.55. The van der Waals surface area contributed by atoms with Crippen molar-refractivity contribution in [2.75, 3.05) is 36.8 Å². The zero-order valence-corrected chi connectivity index (χ0v) is 10.9. The van der Waals surface area contributed by atoms with Crippen molar-refractivity contribution in [3.63, 3.8) is 0 Å². The van der Waals surface area contributed by atoms with Crippen molar-refractivity contribution in [1.29, 1.82) is 0 Å².